The highest BCUT2D eigenvalue weighted by molar-refractivity contribution is 7.99. The maximum absolute atomic E-state index is 12.7. The van der Waals surface area contributed by atoms with Crippen molar-refractivity contribution >= 4 is 17.4 Å². The monoisotopic (exact) mass is 319 g/mol. The smallest absolute Gasteiger partial charge is 0.397 e. The summed E-state index contributed by atoms with van der Waals surface area (Å²) in [6.07, 6.45) is -3.62. The van der Waals surface area contributed by atoms with E-state index in [-0.39, 0.29) is 21.8 Å². The minimum atomic E-state index is -4.56. The molecule has 3 N–H and O–H groups in total. The molecule has 0 amide bonds. The van der Waals surface area contributed by atoms with E-state index in [0.717, 1.165) is 24.0 Å². The van der Waals surface area contributed by atoms with Crippen LogP contribution in [-0.4, -0.2) is 19.7 Å². The number of nitrogens with one attached hydrogen (secondary N) is 1. The summed E-state index contributed by atoms with van der Waals surface area (Å²) in [5.74, 6) is 0. The molecule has 0 aliphatic rings. The third kappa shape index (κ3) is 3.20. The number of hydrogen-bond acceptors (Lipinski definition) is 5. The van der Waals surface area contributed by atoms with Gasteiger partial charge in [-0.2, -0.15) is 13.2 Å². The molecule has 6 nitrogen and oxygen atoms in total. The van der Waals surface area contributed by atoms with Crippen molar-refractivity contribution in [1.29, 1.82) is 0 Å². The van der Waals surface area contributed by atoms with Crippen LogP contribution in [0.4, 0.5) is 18.9 Å². The second-order valence-electron chi connectivity index (χ2n) is 4.48. The molecule has 2 aromatic heterocycles. The summed E-state index contributed by atoms with van der Waals surface area (Å²) in [4.78, 5) is 15.0. The number of halogens is 3. The third-order valence-corrected chi connectivity index (χ3v) is 3.62. The van der Waals surface area contributed by atoms with Crippen LogP contribution < -0.4 is 11.4 Å². The number of anilines is 1. The molecule has 21 heavy (non-hydrogen) atoms. The first kappa shape index (κ1) is 15.4. The average Bonchev–Trinajstić information content (AvgIpc) is 2.72. The molecule has 0 aromatic carbocycles. The van der Waals surface area contributed by atoms with E-state index in [0.29, 0.717) is 0 Å². The molecule has 0 unspecified atom stereocenters. The van der Waals surface area contributed by atoms with Crippen molar-refractivity contribution in [2.24, 2.45) is 0 Å². The minimum Gasteiger partial charge on any atom is -0.397 e. The van der Waals surface area contributed by atoms with E-state index in [2.05, 4.69) is 15.2 Å². The van der Waals surface area contributed by atoms with Crippen LogP contribution in [-0.2, 0) is 6.18 Å². The Labute approximate surface area is 121 Å². The lowest BCUT2D eigenvalue weighted by Crippen LogP contribution is -2.19. The fraction of sp³-hybridized carbons (Fsp3) is 0.364. The molecular formula is C11H12F3N5OS. The molecule has 0 saturated heterocycles. The predicted molar refractivity (Wildman–Crippen MR) is 71.0 cm³/mol. The van der Waals surface area contributed by atoms with Gasteiger partial charge in [0.15, 0.2) is 5.16 Å². The first-order valence-electron chi connectivity index (χ1n) is 5.87. The first-order chi connectivity index (χ1) is 9.70. The normalized spacial score (nSPS) is 12.1. The van der Waals surface area contributed by atoms with Crippen molar-refractivity contribution in [2.45, 2.75) is 36.1 Å². The standard InChI is InChI=1S/C11H12F3N5OS/c1-5(2)19-9(20)17-18-10(19)21-7-3-8(11(12,13)14)16-4-6(7)15/h3-5H,15H2,1-2H3,(H,17,20). The molecule has 0 aliphatic heterocycles. The quantitative estimate of drug-likeness (QED) is 0.906. The molecular weight excluding hydrogens is 307 g/mol. The molecule has 0 spiro atoms. The molecule has 2 aromatic rings. The van der Waals surface area contributed by atoms with Crippen molar-refractivity contribution < 1.29 is 13.2 Å². The Kier molecular flexibility index (Phi) is 3.99. The summed E-state index contributed by atoms with van der Waals surface area (Å²) >= 11 is 0.876. The molecule has 0 bridgehead atoms. The van der Waals surface area contributed by atoms with E-state index in [1.54, 1.807) is 13.8 Å². The summed E-state index contributed by atoms with van der Waals surface area (Å²) in [6, 6.07) is 0.646. The van der Waals surface area contributed by atoms with Crippen LogP contribution in [0.5, 0.6) is 0 Å². The average molecular weight is 319 g/mol. The fourth-order valence-electron chi connectivity index (χ4n) is 1.61. The molecule has 2 heterocycles. The van der Waals surface area contributed by atoms with Gasteiger partial charge in [0.2, 0.25) is 0 Å². The highest BCUT2D eigenvalue weighted by atomic mass is 32.2. The van der Waals surface area contributed by atoms with E-state index >= 15 is 0 Å². The maximum atomic E-state index is 12.7. The van der Waals surface area contributed by atoms with Gasteiger partial charge in [0, 0.05) is 10.9 Å². The Bertz CT molecular complexity index is 707. The van der Waals surface area contributed by atoms with E-state index in [1.165, 1.54) is 4.57 Å². The fourth-order valence-corrected chi connectivity index (χ4v) is 2.63. The lowest BCUT2D eigenvalue weighted by Gasteiger charge is -2.11. The van der Waals surface area contributed by atoms with Crippen LogP contribution in [0.1, 0.15) is 25.6 Å². The van der Waals surface area contributed by atoms with Crippen molar-refractivity contribution in [2.75, 3.05) is 5.73 Å². The van der Waals surface area contributed by atoms with Gasteiger partial charge in [0.05, 0.1) is 11.9 Å². The number of nitrogen functional groups attached to an aromatic ring is 1. The Morgan fingerprint density at radius 2 is 2.10 bits per heavy atom. The summed E-state index contributed by atoms with van der Waals surface area (Å²) in [6.45, 7) is 3.52. The van der Waals surface area contributed by atoms with Crippen LogP contribution in [0.15, 0.2) is 27.1 Å². The van der Waals surface area contributed by atoms with Gasteiger partial charge in [-0.1, -0.05) is 0 Å². The van der Waals surface area contributed by atoms with Crippen molar-refractivity contribution in [3.63, 3.8) is 0 Å². The van der Waals surface area contributed by atoms with Gasteiger partial charge in [-0.15, -0.1) is 5.10 Å². The highest BCUT2D eigenvalue weighted by Gasteiger charge is 2.33. The zero-order valence-corrected chi connectivity index (χ0v) is 11.9. The van der Waals surface area contributed by atoms with Gasteiger partial charge in [-0.05, 0) is 31.7 Å². The van der Waals surface area contributed by atoms with E-state index in [4.69, 9.17) is 5.73 Å². The number of hydrogen-bond donors (Lipinski definition) is 2. The maximum Gasteiger partial charge on any atom is 0.433 e. The van der Waals surface area contributed by atoms with Crippen LogP contribution in [0.2, 0.25) is 0 Å². The number of nitrogens with zero attached hydrogens (tertiary/aromatic N) is 3. The first-order valence-corrected chi connectivity index (χ1v) is 6.69. The second kappa shape index (κ2) is 5.43. The number of pyridine rings is 1. The largest absolute Gasteiger partial charge is 0.433 e. The van der Waals surface area contributed by atoms with Crippen molar-refractivity contribution in [3.05, 3.63) is 28.4 Å². The van der Waals surface area contributed by atoms with Gasteiger partial charge in [0.25, 0.3) is 0 Å². The SMILES string of the molecule is CC(C)n1c(Sc2cc(C(F)(F)F)ncc2N)n[nH]c1=O. The molecule has 10 heteroatoms. The Hall–Kier alpha value is -1.97. The van der Waals surface area contributed by atoms with Crippen molar-refractivity contribution in [1.82, 2.24) is 19.7 Å². The summed E-state index contributed by atoms with van der Waals surface area (Å²) in [5.41, 5.74) is 4.24. The Morgan fingerprint density at radius 3 is 2.67 bits per heavy atom. The van der Waals surface area contributed by atoms with Crippen LogP contribution >= 0.6 is 11.8 Å². The molecule has 0 aliphatic carbocycles. The highest BCUT2D eigenvalue weighted by Crippen LogP contribution is 2.35. The topological polar surface area (TPSA) is 89.6 Å². The summed E-state index contributed by atoms with van der Waals surface area (Å²) < 4.78 is 39.3. The second-order valence-corrected chi connectivity index (χ2v) is 5.49. The molecule has 0 radical (unpaired) electrons. The lowest BCUT2D eigenvalue weighted by atomic mass is 10.3. The molecule has 0 atom stereocenters. The molecule has 114 valence electrons. The Morgan fingerprint density at radius 1 is 1.43 bits per heavy atom. The van der Waals surface area contributed by atoms with E-state index in [1.807, 2.05) is 0 Å². The van der Waals surface area contributed by atoms with E-state index in [9.17, 15) is 18.0 Å². The zero-order chi connectivity index (χ0) is 15.8. The number of aromatic amines is 1. The molecule has 0 fully saturated rings. The number of aromatic nitrogens is 4. The van der Waals surface area contributed by atoms with Crippen LogP contribution in [0.3, 0.4) is 0 Å². The van der Waals surface area contributed by atoms with E-state index < -0.39 is 17.6 Å². The third-order valence-electron chi connectivity index (χ3n) is 2.58. The summed E-state index contributed by atoms with van der Waals surface area (Å²) in [7, 11) is 0. The number of H-pyrrole nitrogens is 1. The van der Waals surface area contributed by atoms with Gasteiger partial charge >= 0.3 is 11.9 Å². The predicted octanol–water partition coefficient (Wildman–Crippen LogP) is 2.30. The van der Waals surface area contributed by atoms with Gasteiger partial charge in [-0.3, -0.25) is 4.57 Å². The van der Waals surface area contributed by atoms with Crippen molar-refractivity contribution in [3.8, 4) is 0 Å². The molecule has 2 rings (SSSR count). The van der Waals surface area contributed by atoms with Gasteiger partial charge < -0.3 is 5.73 Å². The van der Waals surface area contributed by atoms with Crippen LogP contribution in [0.25, 0.3) is 0 Å². The molecule has 0 saturated carbocycles. The number of nitrogens with two attached hydrogens (primary N) is 1. The summed E-state index contributed by atoms with van der Waals surface area (Å²) in [5, 5.41) is 6.29. The Balaban J connectivity index is 2.43. The van der Waals surface area contributed by atoms with Crippen LogP contribution in [0, 0.1) is 0 Å². The number of rotatable bonds is 3. The minimum absolute atomic E-state index is 0.0822. The van der Waals surface area contributed by atoms with Gasteiger partial charge in [-0.25, -0.2) is 14.9 Å². The van der Waals surface area contributed by atoms with Gasteiger partial charge in [0.1, 0.15) is 5.69 Å². The number of alkyl halides is 3. The zero-order valence-electron chi connectivity index (χ0n) is 11.1. The lowest BCUT2D eigenvalue weighted by molar-refractivity contribution is -0.141.